The third-order valence-corrected chi connectivity index (χ3v) is 3.85. The quantitative estimate of drug-likeness (QED) is 0.755. The first-order chi connectivity index (χ1) is 8.54. The first-order valence-corrected chi connectivity index (χ1v) is 6.89. The number of rotatable bonds is 2. The maximum absolute atomic E-state index is 13.7. The lowest BCUT2D eigenvalue weighted by Crippen LogP contribution is -2.37. The minimum Gasteiger partial charge on any atom is -0.334 e. The van der Waals surface area contributed by atoms with Gasteiger partial charge in [-0.3, -0.25) is 4.79 Å². The predicted molar refractivity (Wildman–Crippen MR) is 68.8 cm³/mol. The van der Waals surface area contributed by atoms with Crippen LogP contribution in [0.1, 0.15) is 23.2 Å². The fourth-order valence-corrected chi connectivity index (χ4v) is 2.88. The van der Waals surface area contributed by atoms with E-state index in [1.165, 1.54) is 4.90 Å². The van der Waals surface area contributed by atoms with Crippen LogP contribution < -0.4 is 0 Å². The molecule has 0 spiro atoms. The highest BCUT2D eigenvalue weighted by atomic mass is 79.9. The van der Waals surface area contributed by atoms with E-state index in [9.17, 15) is 13.6 Å². The number of benzene rings is 1. The smallest absolute Gasteiger partial charge is 0.260 e. The van der Waals surface area contributed by atoms with Gasteiger partial charge in [0.15, 0.2) is 0 Å². The summed E-state index contributed by atoms with van der Waals surface area (Å²) in [6, 6.07) is 2.03. The molecule has 0 aromatic heterocycles. The SMILES string of the molecule is O=C(c1c(F)cc(Br)cc1F)N1CCCC1CCl. The number of carbonyl (C=O) groups excluding carboxylic acids is 1. The minimum absolute atomic E-state index is 0.137. The van der Waals surface area contributed by atoms with Gasteiger partial charge in [0.05, 0.1) is 0 Å². The maximum Gasteiger partial charge on any atom is 0.260 e. The molecule has 98 valence electrons. The molecule has 1 aromatic carbocycles. The van der Waals surface area contributed by atoms with Gasteiger partial charge in [0.2, 0.25) is 0 Å². The maximum atomic E-state index is 13.7. The molecule has 0 aliphatic carbocycles. The number of likely N-dealkylation sites (tertiary alicyclic amines) is 1. The van der Waals surface area contributed by atoms with Gasteiger partial charge in [-0.15, -0.1) is 11.6 Å². The van der Waals surface area contributed by atoms with Gasteiger partial charge in [0.25, 0.3) is 5.91 Å². The molecule has 2 nitrogen and oxygen atoms in total. The summed E-state index contributed by atoms with van der Waals surface area (Å²) >= 11 is 8.73. The summed E-state index contributed by atoms with van der Waals surface area (Å²) < 4.78 is 27.7. The van der Waals surface area contributed by atoms with E-state index < -0.39 is 23.1 Å². The third-order valence-electron chi connectivity index (χ3n) is 3.04. The van der Waals surface area contributed by atoms with Crippen LogP contribution in [-0.4, -0.2) is 29.3 Å². The third kappa shape index (κ3) is 2.52. The Balaban J connectivity index is 2.34. The Morgan fingerprint density at radius 1 is 1.44 bits per heavy atom. The van der Waals surface area contributed by atoms with Crippen LogP contribution in [0.3, 0.4) is 0 Å². The lowest BCUT2D eigenvalue weighted by atomic mass is 10.1. The number of alkyl halides is 1. The van der Waals surface area contributed by atoms with Gasteiger partial charge in [0.1, 0.15) is 17.2 Å². The Bertz CT molecular complexity index is 460. The van der Waals surface area contributed by atoms with Gasteiger partial charge < -0.3 is 4.90 Å². The Morgan fingerprint density at radius 3 is 2.61 bits per heavy atom. The Labute approximate surface area is 117 Å². The predicted octanol–water partition coefficient (Wildman–Crippen LogP) is 3.57. The van der Waals surface area contributed by atoms with Crippen LogP contribution in [0.2, 0.25) is 0 Å². The van der Waals surface area contributed by atoms with Crippen LogP contribution in [0.5, 0.6) is 0 Å². The van der Waals surface area contributed by atoms with E-state index >= 15 is 0 Å². The molecule has 1 aliphatic rings. The minimum atomic E-state index is -0.855. The molecule has 0 radical (unpaired) electrons. The van der Waals surface area contributed by atoms with Crippen molar-refractivity contribution < 1.29 is 13.6 Å². The second-order valence-corrected chi connectivity index (χ2v) is 5.42. The number of halogens is 4. The van der Waals surface area contributed by atoms with Gasteiger partial charge in [-0.2, -0.15) is 0 Å². The van der Waals surface area contributed by atoms with Gasteiger partial charge in [-0.1, -0.05) is 15.9 Å². The van der Waals surface area contributed by atoms with Crippen molar-refractivity contribution in [3.63, 3.8) is 0 Å². The van der Waals surface area contributed by atoms with Crippen molar-refractivity contribution in [2.24, 2.45) is 0 Å². The largest absolute Gasteiger partial charge is 0.334 e. The van der Waals surface area contributed by atoms with Gasteiger partial charge in [-0.25, -0.2) is 8.78 Å². The molecular formula is C12H11BrClF2NO. The molecule has 0 bridgehead atoms. The molecule has 6 heteroatoms. The number of carbonyl (C=O) groups is 1. The fourth-order valence-electron chi connectivity index (χ4n) is 2.15. The zero-order valence-corrected chi connectivity index (χ0v) is 11.8. The molecule has 1 atom stereocenters. The molecule has 2 rings (SSSR count). The molecule has 1 aliphatic heterocycles. The van der Waals surface area contributed by atoms with Gasteiger partial charge >= 0.3 is 0 Å². The van der Waals surface area contributed by atoms with E-state index in [0.29, 0.717) is 6.54 Å². The summed E-state index contributed by atoms with van der Waals surface area (Å²) in [5, 5.41) is 0. The molecule has 1 aromatic rings. The zero-order valence-electron chi connectivity index (χ0n) is 9.43. The van der Waals surface area contributed by atoms with E-state index in [2.05, 4.69) is 15.9 Å². The molecule has 1 fully saturated rings. The highest BCUT2D eigenvalue weighted by Crippen LogP contribution is 2.25. The summed E-state index contributed by atoms with van der Waals surface area (Å²) in [4.78, 5) is 13.6. The monoisotopic (exact) mass is 337 g/mol. The van der Waals surface area contributed by atoms with E-state index in [1.807, 2.05) is 0 Å². The standard InChI is InChI=1S/C12H11BrClF2NO/c13-7-4-9(15)11(10(16)5-7)12(18)17-3-1-2-8(17)6-14/h4-5,8H,1-3,6H2. The molecule has 1 saturated heterocycles. The second kappa shape index (κ2) is 5.53. The first-order valence-electron chi connectivity index (χ1n) is 5.56. The number of hydrogen-bond acceptors (Lipinski definition) is 1. The van der Waals surface area contributed by atoms with Crippen molar-refractivity contribution in [2.45, 2.75) is 18.9 Å². The van der Waals surface area contributed by atoms with Crippen molar-refractivity contribution in [1.82, 2.24) is 4.90 Å². The average Bonchev–Trinajstić information content (AvgIpc) is 2.75. The Hall–Kier alpha value is -0.680. The highest BCUT2D eigenvalue weighted by Gasteiger charge is 2.31. The van der Waals surface area contributed by atoms with Gasteiger partial charge in [-0.05, 0) is 25.0 Å². The van der Waals surface area contributed by atoms with Crippen LogP contribution in [0.15, 0.2) is 16.6 Å². The van der Waals surface area contributed by atoms with Crippen molar-refractivity contribution >= 4 is 33.4 Å². The van der Waals surface area contributed by atoms with Crippen molar-refractivity contribution in [1.29, 1.82) is 0 Å². The fraction of sp³-hybridized carbons (Fsp3) is 0.417. The van der Waals surface area contributed by atoms with E-state index in [-0.39, 0.29) is 16.4 Å². The number of hydrogen-bond donors (Lipinski definition) is 0. The molecule has 1 unspecified atom stereocenters. The Kier molecular flexibility index (Phi) is 4.22. The summed E-state index contributed by atoms with van der Waals surface area (Å²) in [7, 11) is 0. The molecule has 1 heterocycles. The van der Waals surface area contributed by atoms with E-state index in [0.717, 1.165) is 25.0 Å². The Morgan fingerprint density at radius 2 is 2.06 bits per heavy atom. The van der Waals surface area contributed by atoms with Crippen LogP contribution >= 0.6 is 27.5 Å². The van der Waals surface area contributed by atoms with Crippen LogP contribution in [0.25, 0.3) is 0 Å². The summed E-state index contributed by atoms with van der Waals surface area (Å²) in [6.45, 7) is 0.491. The lowest BCUT2D eigenvalue weighted by molar-refractivity contribution is 0.0739. The van der Waals surface area contributed by atoms with Crippen molar-refractivity contribution in [2.75, 3.05) is 12.4 Å². The summed E-state index contributed by atoms with van der Waals surface area (Å²) in [6.07, 6.45) is 1.58. The molecule has 0 N–H and O–H groups in total. The normalized spacial score (nSPS) is 19.3. The highest BCUT2D eigenvalue weighted by molar-refractivity contribution is 9.10. The van der Waals surface area contributed by atoms with Gasteiger partial charge in [0, 0.05) is 22.9 Å². The van der Waals surface area contributed by atoms with Crippen molar-refractivity contribution in [3.05, 3.63) is 33.8 Å². The van der Waals surface area contributed by atoms with Crippen molar-refractivity contribution in [3.8, 4) is 0 Å². The summed E-state index contributed by atoms with van der Waals surface area (Å²) in [5.41, 5.74) is -0.504. The van der Waals surface area contributed by atoms with Crippen LogP contribution in [0, 0.1) is 11.6 Å². The van der Waals surface area contributed by atoms with E-state index in [1.54, 1.807) is 0 Å². The molecule has 0 saturated carbocycles. The second-order valence-electron chi connectivity index (χ2n) is 4.19. The summed E-state index contributed by atoms with van der Waals surface area (Å²) in [5.74, 6) is -2.05. The lowest BCUT2D eigenvalue weighted by Gasteiger charge is -2.23. The number of amides is 1. The van der Waals surface area contributed by atoms with Crippen LogP contribution in [-0.2, 0) is 0 Å². The molecular weight excluding hydrogens is 327 g/mol. The van der Waals surface area contributed by atoms with E-state index in [4.69, 9.17) is 11.6 Å². The first kappa shape index (κ1) is 13.7. The zero-order chi connectivity index (χ0) is 13.3. The molecule has 18 heavy (non-hydrogen) atoms. The average molecular weight is 339 g/mol. The molecule has 1 amide bonds. The topological polar surface area (TPSA) is 20.3 Å². The van der Waals surface area contributed by atoms with Crippen LogP contribution in [0.4, 0.5) is 8.78 Å². The number of nitrogens with zero attached hydrogens (tertiary/aromatic N) is 1.